The molecule has 0 unspecified atom stereocenters. The van der Waals surface area contributed by atoms with Gasteiger partial charge in [0.05, 0.1) is 16.9 Å². The van der Waals surface area contributed by atoms with E-state index in [2.05, 4.69) is 25.2 Å². The molecule has 196 valence electrons. The first-order chi connectivity index (χ1) is 16.8. The number of likely N-dealkylation sites (N-methyl/N-ethyl adjacent to an activating group) is 1. The second-order valence-electron chi connectivity index (χ2n) is 12.0. The maximum Gasteiger partial charge on any atom is 0.416 e. The molecular weight excluding hydrogens is 467 g/mol. The molecule has 4 aliphatic rings. The van der Waals surface area contributed by atoms with Crippen molar-refractivity contribution in [2.24, 2.45) is 34.5 Å². The first kappa shape index (κ1) is 25.2. The van der Waals surface area contributed by atoms with Gasteiger partial charge in [-0.25, -0.2) is 0 Å². The van der Waals surface area contributed by atoms with Crippen LogP contribution in [-0.2, 0) is 15.8 Å². The lowest BCUT2D eigenvalue weighted by molar-refractivity contribution is -0.139. The summed E-state index contributed by atoms with van der Waals surface area (Å²) < 4.78 is 38.8. The molecular formula is C28H36F3N3O2. The summed E-state index contributed by atoms with van der Waals surface area (Å²) in [6.07, 6.45) is 6.13. The topological polar surface area (TPSA) is 75.4 Å². The molecule has 0 bridgehead atoms. The summed E-state index contributed by atoms with van der Waals surface area (Å²) in [7, 11) is 1.93. The van der Waals surface area contributed by atoms with Crippen LogP contribution in [0.2, 0.25) is 0 Å². The minimum atomic E-state index is -4.47. The highest BCUT2D eigenvalue weighted by atomic mass is 19.4. The van der Waals surface area contributed by atoms with Crippen molar-refractivity contribution in [3.8, 4) is 0 Å². The van der Waals surface area contributed by atoms with Gasteiger partial charge in [0.25, 0.3) is 0 Å². The van der Waals surface area contributed by atoms with Gasteiger partial charge in [0.15, 0.2) is 0 Å². The zero-order valence-electron chi connectivity index (χ0n) is 21.2. The van der Waals surface area contributed by atoms with Crippen molar-refractivity contribution in [3.63, 3.8) is 0 Å². The van der Waals surface area contributed by atoms with Crippen LogP contribution in [0, 0.1) is 34.5 Å². The molecule has 2 amide bonds. The molecule has 3 aliphatic carbocycles. The Morgan fingerprint density at radius 3 is 2.58 bits per heavy atom. The minimum Gasteiger partial charge on any atom is -0.397 e. The lowest BCUT2D eigenvalue weighted by atomic mass is 9.47. The fraction of sp³-hybridized carbons (Fsp3) is 0.643. The van der Waals surface area contributed by atoms with Crippen LogP contribution in [0.3, 0.4) is 0 Å². The van der Waals surface area contributed by atoms with Gasteiger partial charge in [0, 0.05) is 24.9 Å². The van der Waals surface area contributed by atoms with Crippen LogP contribution in [0.5, 0.6) is 0 Å². The van der Waals surface area contributed by atoms with Crippen LogP contribution in [0.15, 0.2) is 30.4 Å². The average Bonchev–Trinajstić information content (AvgIpc) is 3.13. The summed E-state index contributed by atoms with van der Waals surface area (Å²) in [6, 6.07) is 3.30. The van der Waals surface area contributed by atoms with E-state index in [1.807, 2.05) is 11.9 Å². The molecule has 0 aromatic heterocycles. The maximum absolute atomic E-state index is 13.0. The van der Waals surface area contributed by atoms with Crippen molar-refractivity contribution >= 4 is 23.2 Å². The number of nitrogens with two attached hydrogens (primary N) is 1. The Labute approximate surface area is 210 Å². The lowest BCUT2D eigenvalue weighted by Crippen LogP contribution is -2.59. The van der Waals surface area contributed by atoms with E-state index in [9.17, 15) is 22.8 Å². The first-order valence-corrected chi connectivity index (χ1v) is 13.1. The monoisotopic (exact) mass is 503 g/mol. The van der Waals surface area contributed by atoms with Crippen LogP contribution in [0.1, 0.15) is 64.4 Å². The number of nitrogen functional groups attached to an aromatic ring is 1. The van der Waals surface area contributed by atoms with Crippen LogP contribution >= 0.6 is 0 Å². The van der Waals surface area contributed by atoms with E-state index in [0.29, 0.717) is 24.2 Å². The Bertz CT molecular complexity index is 1100. The smallest absolute Gasteiger partial charge is 0.397 e. The number of hydrogen-bond acceptors (Lipinski definition) is 3. The van der Waals surface area contributed by atoms with Crippen molar-refractivity contribution in [1.82, 2.24) is 4.90 Å². The maximum atomic E-state index is 13.0. The number of benzene rings is 1. The predicted octanol–water partition coefficient (Wildman–Crippen LogP) is 5.87. The van der Waals surface area contributed by atoms with E-state index >= 15 is 0 Å². The summed E-state index contributed by atoms with van der Waals surface area (Å²) in [6.45, 7) is 4.66. The third-order valence-corrected chi connectivity index (χ3v) is 10.4. The molecule has 8 heteroatoms. The van der Waals surface area contributed by atoms with Crippen LogP contribution in [0.25, 0.3) is 0 Å². The Kier molecular flexibility index (Phi) is 5.95. The number of rotatable bonds is 3. The van der Waals surface area contributed by atoms with Gasteiger partial charge in [0.1, 0.15) is 0 Å². The van der Waals surface area contributed by atoms with Crippen LogP contribution in [0.4, 0.5) is 24.5 Å². The highest BCUT2D eigenvalue weighted by Gasteiger charge is 2.60. The molecule has 36 heavy (non-hydrogen) atoms. The highest BCUT2D eigenvalue weighted by Crippen LogP contribution is 2.66. The molecule has 7 atom stereocenters. The molecule has 3 fully saturated rings. The largest absolute Gasteiger partial charge is 0.416 e. The summed E-state index contributed by atoms with van der Waals surface area (Å²) >= 11 is 0. The predicted molar refractivity (Wildman–Crippen MR) is 133 cm³/mol. The highest BCUT2D eigenvalue weighted by molar-refractivity contribution is 5.94. The quantitative estimate of drug-likeness (QED) is 0.507. The van der Waals surface area contributed by atoms with E-state index in [4.69, 9.17) is 5.73 Å². The number of halogens is 3. The molecule has 5 rings (SSSR count). The van der Waals surface area contributed by atoms with Crippen molar-refractivity contribution in [2.75, 3.05) is 18.1 Å². The fourth-order valence-corrected chi connectivity index (χ4v) is 8.46. The molecule has 0 saturated heterocycles. The number of hydrogen-bond donors (Lipinski definition) is 2. The van der Waals surface area contributed by atoms with E-state index in [0.717, 1.165) is 50.7 Å². The fourth-order valence-electron chi connectivity index (χ4n) is 8.46. The Morgan fingerprint density at radius 1 is 1.14 bits per heavy atom. The second kappa shape index (κ2) is 8.52. The van der Waals surface area contributed by atoms with Crippen molar-refractivity contribution in [2.45, 2.75) is 71.0 Å². The van der Waals surface area contributed by atoms with Crippen molar-refractivity contribution < 1.29 is 22.8 Å². The molecule has 5 nitrogen and oxygen atoms in total. The zero-order chi connectivity index (χ0) is 26.0. The standard InChI is InChI=1S/C28H36F3N3O2/c1-26-12-10-20-18(6-9-23-27(20,2)13-11-25(36)34(23)3)19(26)7-4-16(26)15-24(35)33-22-8-5-17(14-21(22)32)28(29,30)31/h5,8,11,13-14,16,18-20,23H,4,6-7,9-10,12,15,32H2,1-3H3,(H,33,35)/t16-,18+,19+,20+,23-,26-,27-/m1/s1. The van der Waals surface area contributed by atoms with Crippen molar-refractivity contribution in [3.05, 3.63) is 35.9 Å². The van der Waals surface area contributed by atoms with Gasteiger partial charge in [-0.3, -0.25) is 9.59 Å². The van der Waals surface area contributed by atoms with Gasteiger partial charge in [-0.2, -0.15) is 13.2 Å². The number of nitrogens with zero attached hydrogens (tertiary/aromatic N) is 1. The van der Waals surface area contributed by atoms with Gasteiger partial charge in [0.2, 0.25) is 11.8 Å². The number of fused-ring (bicyclic) bond motifs is 5. The van der Waals surface area contributed by atoms with Gasteiger partial charge in [-0.05, 0) is 91.9 Å². The summed E-state index contributed by atoms with van der Waals surface area (Å²) in [5, 5.41) is 2.76. The molecule has 0 radical (unpaired) electrons. The lowest BCUT2D eigenvalue weighted by Gasteiger charge is -2.60. The van der Waals surface area contributed by atoms with E-state index in [1.54, 1.807) is 6.08 Å². The average molecular weight is 504 g/mol. The van der Waals surface area contributed by atoms with Gasteiger partial charge < -0.3 is 16.0 Å². The molecule has 1 aromatic carbocycles. The number of carbonyl (C=O) groups excluding carboxylic acids is 2. The number of anilines is 2. The first-order valence-electron chi connectivity index (χ1n) is 13.1. The van der Waals surface area contributed by atoms with Crippen LogP contribution in [-0.4, -0.2) is 29.8 Å². The minimum absolute atomic E-state index is 0.0114. The Hall–Kier alpha value is -2.51. The SMILES string of the molecule is CN1C(=O)C=C[C@]2(C)[C@H]3CC[C@]4(C)[C@@H](CC(=O)Nc5ccc(C(F)(F)F)cc5N)CC[C@H]4[C@@H]3CC[C@@H]12. The van der Waals surface area contributed by atoms with E-state index in [-0.39, 0.29) is 46.0 Å². The van der Waals surface area contributed by atoms with E-state index in [1.165, 1.54) is 6.07 Å². The Morgan fingerprint density at radius 2 is 1.89 bits per heavy atom. The number of nitrogens with one attached hydrogen (secondary N) is 1. The number of carbonyl (C=O) groups is 2. The molecule has 1 heterocycles. The molecule has 3 N–H and O–H groups in total. The third-order valence-electron chi connectivity index (χ3n) is 10.4. The Balaban J connectivity index is 1.28. The molecule has 3 saturated carbocycles. The van der Waals surface area contributed by atoms with Crippen molar-refractivity contribution in [1.29, 1.82) is 0 Å². The summed E-state index contributed by atoms with van der Waals surface area (Å²) in [5.74, 6) is 1.78. The molecule has 1 aromatic rings. The second-order valence-corrected chi connectivity index (χ2v) is 12.0. The number of amides is 2. The summed E-state index contributed by atoms with van der Waals surface area (Å²) in [5.41, 5.74) is 5.19. The molecule has 1 aliphatic heterocycles. The van der Waals surface area contributed by atoms with Crippen LogP contribution < -0.4 is 11.1 Å². The summed E-state index contributed by atoms with van der Waals surface area (Å²) in [4.78, 5) is 27.2. The normalized spacial score (nSPS) is 37.8. The van der Waals surface area contributed by atoms with Gasteiger partial charge in [-0.1, -0.05) is 19.9 Å². The van der Waals surface area contributed by atoms with E-state index < -0.39 is 11.7 Å². The zero-order valence-corrected chi connectivity index (χ0v) is 21.2. The van der Waals surface area contributed by atoms with Gasteiger partial charge >= 0.3 is 6.18 Å². The third kappa shape index (κ3) is 3.91. The van der Waals surface area contributed by atoms with Gasteiger partial charge in [-0.15, -0.1) is 0 Å². The number of alkyl halides is 3. The molecule has 0 spiro atoms.